The number of halogens is 3. The molecule has 33 heavy (non-hydrogen) atoms. The zero-order chi connectivity index (χ0) is 25.0. The van der Waals surface area contributed by atoms with Gasteiger partial charge in [0.25, 0.3) is 0 Å². The zero-order valence-electron chi connectivity index (χ0n) is 20.1. The van der Waals surface area contributed by atoms with Crippen LogP contribution in [-0.2, 0) is 15.7 Å². The predicted octanol–water partition coefficient (Wildman–Crippen LogP) is 6.72. The number of carboxylic acids is 1. The van der Waals surface area contributed by atoms with E-state index in [-0.39, 0.29) is 24.3 Å². The van der Waals surface area contributed by atoms with Crippen molar-refractivity contribution in [3.05, 3.63) is 35.4 Å². The van der Waals surface area contributed by atoms with Gasteiger partial charge < -0.3 is 14.7 Å². The first kappa shape index (κ1) is 27.0. The zero-order valence-corrected chi connectivity index (χ0v) is 20.1. The van der Waals surface area contributed by atoms with Gasteiger partial charge in [-0.3, -0.25) is 4.79 Å². The summed E-state index contributed by atoms with van der Waals surface area (Å²) in [5, 5.41) is 9.28. The van der Waals surface area contributed by atoms with Gasteiger partial charge in [0, 0.05) is 24.9 Å². The third-order valence-electron chi connectivity index (χ3n) is 6.03. The Morgan fingerprint density at radius 2 is 1.73 bits per heavy atom. The van der Waals surface area contributed by atoms with E-state index >= 15 is 0 Å². The molecule has 0 aliphatic heterocycles. The van der Waals surface area contributed by atoms with E-state index < -0.39 is 29.4 Å². The minimum absolute atomic E-state index is 0.00227. The van der Waals surface area contributed by atoms with E-state index in [0.29, 0.717) is 37.3 Å². The lowest BCUT2D eigenvalue weighted by Crippen LogP contribution is -2.49. The molecule has 1 N–H and O–H groups in total. The fraction of sp³-hybridized carbons (Fsp3) is 0.680. The van der Waals surface area contributed by atoms with E-state index in [1.54, 1.807) is 25.7 Å². The number of hydrogen-bond donors (Lipinski definition) is 1. The van der Waals surface area contributed by atoms with Crippen molar-refractivity contribution in [2.75, 3.05) is 6.54 Å². The molecule has 1 aromatic carbocycles. The second-order valence-electron chi connectivity index (χ2n) is 10.4. The Bertz CT molecular complexity index is 799. The third-order valence-corrected chi connectivity index (χ3v) is 6.03. The molecule has 0 radical (unpaired) electrons. The van der Waals surface area contributed by atoms with Crippen LogP contribution in [0, 0.1) is 11.8 Å². The number of carbonyl (C=O) groups is 2. The largest absolute Gasteiger partial charge is 0.481 e. The number of rotatable bonds is 7. The number of hydrogen-bond acceptors (Lipinski definition) is 3. The van der Waals surface area contributed by atoms with Gasteiger partial charge in [-0.1, -0.05) is 26.0 Å². The molecule has 1 fully saturated rings. The average molecular weight is 472 g/mol. The van der Waals surface area contributed by atoms with Crippen molar-refractivity contribution in [2.45, 2.75) is 90.5 Å². The Hall–Kier alpha value is -2.25. The number of benzene rings is 1. The van der Waals surface area contributed by atoms with E-state index in [1.807, 2.05) is 0 Å². The first-order valence-electron chi connectivity index (χ1n) is 11.6. The Morgan fingerprint density at radius 1 is 1.12 bits per heavy atom. The van der Waals surface area contributed by atoms with Gasteiger partial charge in [-0.15, -0.1) is 0 Å². The number of carboxylic acid groups (broad SMARTS) is 1. The Kier molecular flexibility index (Phi) is 8.82. The first-order valence-corrected chi connectivity index (χ1v) is 11.6. The van der Waals surface area contributed by atoms with Crippen molar-refractivity contribution in [2.24, 2.45) is 11.8 Å². The smallest absolute Gasteiger partial charge is 0.416 e. The predicted molar refractivity (Wildman–Crippen MR) is 120 cm³/mol. The maximum atomic E-state index is 13.2. The summed E-state index contributed by atoms with van der Waals surface area (Å²) in [5.74, 6) is -0.919. The number of alkyl halides is 3. The molecule has 0 aromatic heterocycles. The number of aliphatic carboxylic acids is 1. The van der Waals surface area contributed by atoms with Gasteiger partial charge in [-0.05, 0) is 76.0 Å². The van der Waals surface area contributed by atoms with Crippen LogP contribution in [0.15, 0.2) is 24.3 Å². The highest BCUT2D eigenvalue weighted by Gasteiger charge is 2.39. The van der Waals surface area contributed by atoms with E-state index in [9.17, 15) is 27.9 Å². The van der Waals surface area contributed by atoms with Gasteiger partial charge in [0.05, 0.1) is 5.56 Å². The van der Waals surface area contributed by atoms with E-state index in [4.69, 9.17) is 4.74 Å². The topological polar surface area (TPSA) is 66.8 Å². The average Bonchev–Trinajstić information content (AvgIpc) is 2.66. The summed E-state index contributed by atoms with van der Waals surface area (Å²) in [4.78, 5) is 26.2. The second kappa shape index (κ2) is 10.8. The molecule has 0 unspecified atom stereocenters. The fourth-order valence-electron chi connectivity index (χ4n) is 4.43. The Morgan fingerprint density at radius 3 is 2.21 bits per heavy atom. The summed E-state index contributed by atoms with van der Waals surface area (Å²) < 4.78 is 44.9. The second-order valence-corrected chi connectivity index (χ2v) is 10.4. The summed E-state index contributed by atoms with van der Waals surface area (Å²) in [7, 11) is 0. The van der Waals surface area contributed by atoms with Crippen molar-refractivity contribution in [3.8, 4) is 0 Å². The van der Waals surface area contributed by atoms with Crippen molar-refractivity contribution < 1.29 is 32.6 Å². The minimum Gasteiger partial charge on any atom is -0.481 e. The minimum atomic E-state index is -4.43. The quantitative estimate of drug-likeness (QED) is 0.480. The molecule has 0 heterocycles. The molecule has 8 heteroatoms. The SMILES string of the molecule is CC(C)CCN(C(=O)OC(C)(C)C)[C@@H]1CC[C@@H](CC(=O)O)C[C@H]1c1ccc(C(F)(F)F)cc1. The Balaban J connectivity index is 2.40. The molecule has 3 atom stereocenters. The molecule has 0 spiro atoms. The number of amides is 1. The first-order chi connectivity index (χ1) is 15.2. The van der Waals surface area contributed by atoms with Gasteiger partial charge in [-0.25, -0.2) is 4.79 Å². The Labute approximate surface area is 194 Å². The summed E-state index contributed by atoms with van der Waals surface area (Å²) in [6, 6.07) is 4.75. The molecular formula is C25H36F3NO4. The molecule has 0 saturated heterocycles. The summed E-state index contributed by atoms with van der Waals surface area (Å²) in [6.07, 6.45) is -2.42. The highest BCUT2D eigenvalue weighted by Crippen LogP contribution is 2.42. The summed E-state index contributed by atoms with van der Waals surface area (Å²) in [6.45, 7) is 9.97. The van der Waals surface area contributed by atoms with Crippen LogP contribution in [0.25, 0.3) is 0 Å². The molecule has 186 valence electrons. The van der Waals surface area contributed by atoms with E-state index in [2.05, 4.69) is 13.8 Å². The van der Waals surface area contributed by atoms with Gasteiger partial charge >= 0.3 is 18.2 Å². The maximum Gasteiger partial charge on any atom is 0.416 e. The molecule has 5 nitrogen and oxygen atoms in total. The molecule has 1 aromatic rings. The summed E-state index contributed by atoms with van der Waals surface area (Å²) in [5.41, 5.74) is -0.733. The molecule has 1 amide bonds. The van der Waals surface area contributed by atoms with Gasteiger partial charge in [-0.2, -0.15) is 13.2 Å². The number of nitrogens with zero attached hydrogens (tertiary/aromatic N) is 1. The van der Waals surface area contributed by atoms with Crippen LogP contribution in [0.5, 0.6) is 0 Å². The number of carbonyl (C=O) groups excluding carboxylic acids is 1. The van der Waals surface area contributed by atoms with Gasteiger partial charge in [0.15, 0.2) is 0 Å². The van der Waals surface area contributed by atoms with Crippen LogP contribution >= 0.6 is 0 Å². The lowest BCUT2D eigenvalue weighted by atomic mass is 9.73. The van der Waals surface area contributed by atoms with Crippen LogP contribution in [0.4, 0.5) is 18.0 Å². The molecule has 0 bridgehead atoms. The van der Waals surface area contributed by atoms with Gasteiger partial charge in [0.2, 0.25) is 0 Å². The standard InChI is InChI=1S/C25H36F3NO4/c1-16(2)12-13-29(23(32)33-24(3,4)5)21-11-6-17(15-22(30)31)14-20(21)18-7-9-19(10-8-18)25(26,27)28/h7-10,16-17,20-21H,6,11-15H2,1-5H3,(H,30,31)/t17-,20+,21-/m1/s1. The van der Waals surface area contributed by atoms with Gasteiger partial charge in [0.1, 0.15) is 5.60 Å². The lowest BCUT2D eigenvalue weighted by Gasteiger charge is -2.43. The van der Waals surface area contributed by atoms with Crippen molar-refractivity contribution in [1.82, 2.24) is 4.90 Å². The third kappa shape index (κ3) is 8.23. The highest BCUT2D eigenvalue weighted by atomic mass is 19.4. The number of ether oxygens (including phenoxy) is 1. The van der Waals surface area contributed by atoms with E-state index in [1.165, 1.54) is 12.1 Å². The fourth-order valence-corrected chi connectivity index (χ4v) is 4.43. The van der Waals surface area contributed by atoms with Crippen LogP contribution in [0.2, 0.25) is 0 Å². The monoisotopic (exact) mass is 471 g/mol. The summed E-state index contributed by atoms with van der Waals surface area (Å²) >= 11 is 0. The van der Waals surface area contributed by atoms with Crippen molar-refractivity contribution in [3.63, 3.8) is 0 Å². The van der Waals surface area contributed by atoms with Crippen molar-refractivity contribution in [1.29, 1.82) is 0 Å². The molecule has 2 rings (SSSR count). The van der Waals surface area contributed by atoms with E-state index in [0.717, 1.165) is 18.6 Å². The maximum absolute atomic E-state index is 13.2. The molecule has 1 aliphatic rings. The van der Waals surface area contributed by atoms with Crippen LogP contribution in [0.1, 0.15) is 83.8 Å². The lowest BCUT2D eigenvalue weighted by molar-refractivity contribution is -0.139. The molecule has 1 aliphatic carbocycles. The van der Waals surface area contributed by atoms with Crippen molar-refractivity contribution >= 4 is 12.1 Å². The molecular weight excluding hydrogens is 435 g/mol. The molecule has 1 saturated carbocycles. The normalized spacial score (nSPS) is 21.7. The highest BCUT2D eigenvalue weighted by molar-refractivity contribution is 5.69. The van der Waals surface area contributed by atoms with Crippen LogP contribution in [-0.4, -0.2) is 40.3 Å². The van der Waals surface area contributed by atoms with Crippen LogP contribution < -0.4 is 0 Å². The van der Waals surface area contributed by atoms with Crippen LogP contribution in [0.3, 0.4) is 0 Å².